The number of aliphatic hydroxyl groups is 1. The number of aliphatic hydroxyl groups excluding tert-OH is 1. The van der Waals surface area contributed by atoms with Gasteiger partial charge in [0.1, 0.15) is 11.6 Å². The minimum Gasteiger partial charge on any atom is -0.395 e. The zero-order chi connectivity index (χ0) is 19.4. The van der Waals surface area contributed by atoms with Crippen molar-refractivity contribution >= 4 is 5.91 Å². The lowest BCUT2D eigenvalue weighted by molar-refractivity contribution is 0.0942. The normalized spacial score (nSPS) is 22.7. The van der Waals surface area contributed by atoms with Gasteiger partial charge in [-0.2, -0.15) is 0 Å². The molecule has 1 fully saturated rings. The molecule has 7 heteroatoms. The van der Waals surface area contributed by atoms with Crippen LogP contribution in [0.1, 0.15) is 41.1 Å². The van der Waals surface area contributed by atoms with Crippen molar-refractivity contribution in [2.75, 3.05) is 20.2 Å². The molecule has 144 valence electrons. The standard InChI is InChI=1S/C20H25FN4O2/c1-3-18-22-10-14(11-23-18)20(27)24-9-13-8-15(12-26)25(2)19(13)16-6-4-5-7-17(16)21/h4-7,10-11,13,15,19,26H,3,8-9,12H2,1-2H3,(H,24,27). The fraction of sp³-hybridized carbons (Fsp3) is 0.450. The van der Waals surface area contributed by atoms with Gasteiger partial charge in [0.2, 0.25) is 0 Å². The maximum Gasteiger partial charge on any atom is 0.254 e. The number of carbonyl (C=O) groups is 1. The Morgan fingerprint density at radius 1 is 1.33 bits per heavy atom. The predicted octanol–water partition coefficient (Wildman–Crippen LogP) is 1.96. The summed E-state index contributed by atoms with van der Waals surface area (Å²) < 4.78 is 14.4. The Kier molecular flexibility index (Phi) is 6.13. The molecule has 3 rings (SSSR count). The van der Waals surface area contributed by atoms with Crippen LogP contribution < -0.4 is 5.32 Å². The number of benzene rings is 1. The van der Waals surface area contributed by atoms with E-state index in [0.29, 0.717) is 36.3 Å². The van der Waals surface area contributed by atoms with E-state index in [1.165, 1.54) is 18.5 Å². The largest absolute Gasteiger partial charge is 0.395 e. The molecule has 0 saturated carbocycles. The van der Waals surface area contributed by atoms with Crippen molar-refractivity contribution in [1.29, 1.82) is 0 Å². The van der Waals surface area contributed by atoms with Gasteiger partial charge in [-0.05, 0) is 25.5 Å². The molecule has 6 nitrogen and oxygen atoms in total. The third-order valence-corrected chi connectivity index (χ3v) is 5.28. The maximum absolute atomic E-state index is 14.4. The van der Waals surface area contributed by atoms with Crippen molar-refractivity contribution in [2.45, 2.75) is 31.8 Å². The highest BCUT2D eigenvalue weighted by Gasteiger charge is 2.40. The van der Waals surface area contributed by atoms with Crippen molar-refractivity contribution in [1.82, 2.24) is 20.2 Å². The van der Waals surface area contributed by atoms with E-state index in [4.69, 9.17) is 0 Å². The second-order valence-electron chi connectivity index (χ2n) is 6.92. The van der Waals surface area contributed by atoms with E-state index >= 15 is 0 Å². The summed E-state index contributed by atoms with van der Waals surface area (Å²) in [5.41, 5.74) is 0.991. The molecule has 1 aliphatic rings. The van der Waals surface area contributed by atoms with Gasteiger partial charge >= 0.3 is 0 Å². The van der Waals surface area contributed by atoms with Gasteiger partial charge in [0.05, 0.1) is 12.2 Å². The minimum absolute atomic E-state index is 0.00177. The molecule has 2 heterocycles. The lowest BCUT2D eigenvalue weighted by Gasteiger charge is -2.28. The number of carbonyl (C=O) groups excluding carboxylic acids is 1. The first-order valence-corrected chi connectivity index (χ1v) is 9.21. The number of nitrogens with zero attached hydrogens (tertiary/aromatic N) is 3. The summed E-state index contributed by atoms with van der Waals surface area (Å²) in [4.78, 5) is 22.7. The van der Waals surface area contributed by atoms with Crippen LogP contribution in [0.2, 0.25) is 0 Å². The monoisotopic (exact) mass is 372 g/mol. The number of likely N-dealkylation sites (tertiary alicyclic amines) is 1. The van der Waals surface area contributed by atoms with Gasteiger partial charge in [0.15, 0.2) is 0 Å². The molecule has 1 aliphatic heterocycles. The van der Waals surface area contributed by atoms with Gasteiger partial charge in [0.25, 0.3) is 5.91 Å². The van der Waals surface area contributed by atoms with Crippen LogP contribution in [0, 0.1) is 11.7 Å². The van der Waals surface area contributed by atoms with Crippen molar-refractivity contribution in [3.63, 3.8) is 0 Å². The third kappa shape index (κ3) is 4.14. The highest BCUT2D eigenvalue weighted by atomic mass is 19.1. The first kappa shape index (κ1) is 19.4. The van der Waals surface area contributed by atoms with Crippen LogP contribution in [0.3, 0.4) is 0 Å². The molecule has 0 aliphatic carbocycles. The molecule has 1 aromatic heterocycles. The van der Waals surface area contributed by atoms with Crippen LogP contribution in [0.15, 0.2) is 36.7 Å². The van der Waals surface area contributed by atoms with E-state index in [2.05, 4.69) is 15.3 Å². The van der Waals surface area contributed by atoms with Gasteiger partial charge in [-0.15, -0.1) is 0 Å². The molecule has 2 N–H and O–H groups in total. The van der Waals surface area contributed by atoms with Crippen molar-refractivity contribution in [2.24, 2.45) is 5.92 Å². The summed E-state index contributed by atoms with van der Waals surface area (Å²) in [6.45, 7) is 2.33. The molecular formula is C20H25FN4O2. The smallest absolute Gasteiger partial charge is 0.254 e. The molecule has 2 aromatic rings. The second kappa shape index (κ2) is 8.54. The predicted molar refractivity (Wildman–Crippen MR) is 99.6 cm³/mol. The maximum atomic E-state index is 14.4. The number of amides is 1. The average Bonchev–Trinajstić information content (AvgIpc) is 3.02. The summed E-state index contributed by atoms with van der Waals surface area (Å²) in [6.07, 6.45) is 4.43. The van der Waals surface area contributed by atoms with Gasteiger partial charge in [-0.3, -0.25) is 9.69 Å². The number of nitrogens with one attached hydrogen (secondary N) is 1. The SMILES string of the molecule is CCc1ncc(C(=O)NCC2CC(CO)N(C)C2c2ccccc2F)cn1. The summed E-state index contributed by atoms with van der Waals surface area (Å²) >= 11 is 0. The quantitative estimate of drug-likeness (QED) is 0.811. The summed E-state index contributed by atoms with van der Waals surface area (Å²) in [6, 6.07) is 6.40. The fourth-order valence-electron chi connectivity index (χ4n) is 3.77. The summed E-state index contributed by atoms with van der Waals surface area (Å²) in [5.74, 6) is 0.158. The number of halogens is 1. The zero-order valence-corrected chi connectivity index (χ0v) is 15.6. The molecule has 0 bridgehead atoms. The summed E-state index contributed by atoms with van der Waals surface area (Å²) in [5, 5.41) is 12.6. The minimum atomic E-state index is -0.271. The van der Waals surface area contributed by atoms with Gasteiger partial charge < -0.3 is 10.4 Å². The molecule has 1 aromatic carbocycles. The molecular weight excluding hydrogens is 347 g/mol. The number of hydrogen-bond acceptors (Lipinski definition) is 5. The van der Waals surface area contributed by atoms with Crippen molar-refractivity contribution in [3.05, 3.63) is 59.4 Å². The fourth-order valence-corrected chi connectivity index (χ4v) is 3.77. The molecule has 3 unspecified atom stereocenters. The Balaban J connectivity index is 1.73. The number of likely N-dealkylation sites (N-methyl/N-ethyl adjacent to an activating group) is 1. The average molecular weight is 372 g/mol. The first-order chi connectivity index (χ1) is 13.0. The molecule has 27 heavy (non-hydrogen) atoms. The van der Waals surface area contributed by atoms with Crippen LogP contribution in [-0.4, -0.2) is 52.1 Å². The van der Waals surface area contributed by atoms with E-state index in [0.717, 1.165) is 0 Å². The second-order valence-corrected chi connectivity index (χ2v) is 6.92. The molecule has 0 radical (unpaired) electrons. The lowest BCUT2D eigenvalue weighted by atomic mass is 9.92. The Labute approximate surface area is 158 Å². The van der Waals surface area contributed by atoms with Crippen LogP contribution in [0.5, 0.6) is 0 Å². The Morgan fingerprint density at radius 3 is 2.67 bits per heavy atom. The number of aromatic nitrogens is 2. The molecule has 3 atom stereocenters. The van der Waals surface area contributed by atoms with Gasteiger partial charge in [-0.25, -0.2) is 14.4 Å². The van der Waals surface area contributed by atoms with E-state index in [9.17, 15) is 14.3 Å². The zero-order valence-electron chi connectivity index (χ0n) is 15.6. The lowest BCUT2D eigenvalue weighted by Crippen LogP contribution is -2.34. The number of aryl methyl sites for hydroxylation is 1. The molecule has 1 amide bonds. The Morgan fingerprint density at radius 2 is 2.04 bits per heavy atom. The van der Waals surface area contributed by atoms with E-state index in [1.807, 2.05) is 18.9 Å². The number of rotatable bonds is 6. The molecule has 0 spiro atoms. The Hall–Kier alpha value is -2.38. The van der Waals surface area contributed by atoms with Crippen molar-refractivity contribution in [3.8, 4) is 0 Å². The molecule has 1 saturated heterocycles. The highest BCUT2D eigenvalue weighted by molar-refractivity contribution is 5.93. The van der Waals surface area contributed by atoms with Gasteiger partial charge in [0, 0.05) is 43.0 Å². The van der Waals surface area contributed by atoms with Gasteiger partial charge in [-0.1, -0.05) is 25.1 Å². The van der Waals surface area contributed by atoms with Crippen LogP contribution in [0.4, 0.5) is 4.39 Å². The van der Waals surface area contributed by atoms with E-state index in [-0.39, 0.29) is 36.3 Å². The topological polar surface area (TPSA) is 78.3 Å². The highest BCUT2D eigenvalue weighted by Crippen LogP contribution is 2.40. The van der Waals surface area contributed by atoms with Crippen LogP contribution in [-0.2, 0) is 6.42 Å². The third-order valence-electron chi connectivity index (χ3n) is 5.28. The van der Waals surface area contributed by atoms with Crippen molar-refractivity contribution < 1.29 is 14.3 Å². The van der Waals surface area contributed by atoms with E-state index in [1.54, 1.807) is 18.2 Å². The van der Waals surface area contributed by atoms with Crippen LogP contribution in [0.25, 0.3) is 0 Å². The van der Waals surface area contributed by atoms with Crippen LogP contribution >= 0.6 is 0 Å². The summed E-state index contributed by atoms with van der Waals surface area (Å²) in [7, 11) is 1.89. The first-order valence-electron chi connectivity index (χ1n) is 9.21. The Bertz CT molecular complexity index is 784. The number of hydrogen-bond donors (Lipinski definition) is 2. The van der Waals surface area contributed by atoms with E-state index < -0.39 is 0 Å².